The highest BCUT2D eigenvalue weighted by Gasteiger charge is 2.27. The normalized spacial score (nSPS) is 13.9. The van der Waals surface area contributed by atoms with E-state index >= 15 is 0 Å². The summed E-state index contributed by atoms with van der Waals surface area (Å²) in [6, 6.07) is 3.49. The van der Waals surface area contributed by atoms with Crippen molar-refractivity contribution in [2.45, 2.75) is 33.3 Å². The molecule has 0 bridgehead atoms. The highest BCUT2D eigenvalue weighted by atomic mass is 16.4. The fraction of sp³-hybridized carbons (Fsp3) is 0.462. The Hall–Kier alpha value is -1.55. The third-order valence-corrected chi connectivity index (χ3v) is 2.30. The maximum Gasteiger partial charge on any atom is 0.244 e. The van der Waals surface area contributed by atoms with Crippen molar-refractivity contribution in [2.24, 2.45) is 0 Å². The highest BCUT2D eigenvalue weighted by molar-refractivity contribution is 5.88. The van der Waals surface area contributed by atoms with Gasteiger partial charge in [-0.3, -0.25) is 4.79 Å². The average Bonchev–Trinajstić information content (AvgIpc) is 2.62. The Balaban J connectivity index is 2.62. The Bertz CT molecular complexity index is 426. The summed E-state index contributed by atoms with van der Waals surface area (Å²) in [6.45, 7) is 7.21. The lowest BCUT2D eigenvalue weighted by molar-refractivity contribution is -0.117. The van der Waals surface area contributed by atoms with Crippen LogP contribution in [0.1, 0.15) is 32.3 Å². The van der Waals surface area contributed by atoms with Crippen molar-refractivity contribution in [3.63, 3.8) is 0 Å². The van der Waals surface area contributed by atoms with Crippen LogP contribution in [0.25, 0.3) is 0 Å². The number of rotatable bonds is 4. The lowest BCUT2D eigenvalue weighted by Crippen LogP contribution is -2.37. The summed E-state index contributed by atoms with van der Waals surface area (Å²) in [5.74, 6) is 0.969. The zero-order valence-corrected chi connectivity index (χ0v) is 10.7. The van der Waals surface area contributed by atoms with Crippen molar-refractivity contribution >= 4 is 5.91 Å². The molecule has 1 rings (SSSR count). The highest BCUT2D eigenvalue weighted by Crippen LogP contribution is 2.21. The zero-order chi connectivity index (χ0) is 13.1. The van der Waals surface area contributed by atoms with Gasteiger partial charge in [0.05, 0.1) is 6.54 Å². The predicted molar refractivity (Wildman–Crippen MR) is 65.5 cm³/mol. The number of aryl methyl sites for hydroxylation is 1. The molecule has 0 radical (unpaired) electrons. The Morgan fingerprint density at radius 2 is 2.18 bits per heavy atom. The number of hydrogen-bond donors (Lipinski definition) is 2. The first kappa shape index (κ1) is 13.5. The molecule has 17 heavy (non-hydrogen) atoms. The first-order valence-electron chi connectivity index (χ1n) is 5.53. The largest absolute Gasteiger partial charge is 0.463 e. The van der Waals surface area contributed by atoms with Crippen molar-refractivity contribution in [1.82, 2.24) is 5.32 Å². The van der Waals surface area contributed by atoms with Crippen molar-refractivity contribution in [2.75, 3.05) is 6.54 Å². The second kappa shape index (κ2) is 5.19. The van der Waals surface area contributed by atoms with E-state index in [2.05, 4.69) is 5.32 Å². The predicted octanol–water partition coefficient (Wildman–Crippen LogP) is 1.88. The van der Waals surface area contributed by atoms with Crippen LogP contribution in [0.3, 0.4) is 0 Å². The van der Waals surface area contributed by atoms with E-state index in [0.717, 1.165) is 11.3 Å². The van der Waals surface area contributed by atoms with Gasteiger partial charge in [0.2, 0.25) is 5.91 Å². The van der Waals surface area contributed by atoms with E-state index in [4.69, 9.17) is 4.42 Å². The summed E-state index contributed by atoms with van der Waals surface area (Å²) in [7, 11) is 0. The summed E-state index contributed by atoms with van der Waals surface area (Å²) >= 11 is 0. The third-order valence-electron chi connectivity index (χ3n) is 2.30. The van der Waals surface area contributed by atoms with Gasteiger partial charge >= 0.3 is 0 Å². The average molecular weight is 237 g/mol. The fourth-order valence-corrected chi connectivity index (χ4v) is 1.38. The van der Waals surface area contributed by atoms with Crippen LogP contribution < -0.4 is 5.32 Å². The number of carbonyl (C=O) groups is 1. The molecule has 2 N–H and O–H groups in total. The van der Waals surface area contributed by atoms with Crippen molar-refractivity contribution in [3.05, 3.63) is 35.3 Å². The van der Waals surface area contributed by atoms with Crippen LogP contribution in [-0.2, 0) is 10.4 Å². The number of amides is 1. The van der Waals surface area contributed by atoms with Crippen LogP contribution in [0.5, 0.6) is 0 Å². The van der Waals surface area contributed by atoms with Crippen molar-refractivity contribution in [1.29, 1.82) is 0 Å². The number of aliphatic hydroxyl groups is 1. The molecule has 0 aromatic carbocycles. The monoisotopic (exact) mass is 237 g/mol. The van der Waals surface area contributed by atoms with Crippen LogP contribution in [-0.4, -0.2) is 17.6 Å². The van der Waals surface area contributed by atoms with Gasteiger partial charge in [-0.25, -0.2) is 0 Å². The lowest BCUT2D eigenvalue weighted by atomic mass is 10.0. The van der Waals surface area contributed by atoms with Crippen LogP contribution in [0.2, 0.25) is 0 Å². The van der Waals surface area contributed by atoms with Gasteiger partial charge in [-0.1, -0.05) is 5.57 Å². The van der Waals surface area contributed by atoms with E-state index in [1.807, 2.05) is 13.8 Å². The van der Waals surface area contributed by atoms with Gasteiger partial charge < -0.3 is 14.8 Å². The SMILES string of the molecule is CC(C)=CC(=O)NC[C@@](C)(O)c1ccc(C)o1. The minimum Gasteiger partial charge on any atom is -0.463 e. The second-order valence-corrected chi connectivity index (χ2v) is 4.62. The molecule has 4 nitrogen and oxygen atoms in total. The van der Waals surface area contributed by atoms with E-state index in [1.165, 1.54) is 6.08 Å². The molecule has 1 aromatic heterocycles. The molecule has 0 aliphatic carbocycles. The van der Waals surface area contributed by atoms with Crippen LogP contribution >= 0.6 is 0 Å². The zero-order valence-electron chi connectivity index (χ0n) is 10.7. The van der Waals surface area contributed by atoms with Crippen molar-refractivity contribution < 1.29 is 14.3 Å². The first-order valence-corrected chi connectivity index (χ1v) is 5.53. The van der Waals surface area contributed by atoms with Crippen molar-refractivity contribution in [3.8, 4) is 0 Å². The molecule has 0 aliphatic heterocycles. The summed E-state index contributed by atoms with van der Waals surface area (Å²) in [5, 5.41) is 12.8. The smallest absolute Gasteiger partial charge is 0.244 e. The molecule has 0 saturated heterocycles. The summed E-state index contributed by atoms with van der Waals surface area (Å²) in [4.78, 5) is 11.4. The van der Waals surface area contributed by atoms with Gasteiger partial charge in [0.15, 0.2) is 0 Å². The Kier molecular flexibility index (Phi) is 4.12. The van der Waals surface area contributed by atoms with Gasteiger partial charge in [0.1, 0.15) is 17.1 Å². The van der Waals surface area contributed by atoms with Gasteiger partial charge in [-0.05, 0) is 39.8 Å². The van der Waals surface area contributed by atoms with E-state index in [1.54, 1.807) is 26.0 Å². The van der Waals surface area contributed by atoms with E-state index in [0.29, 0.717) is 5.76 Å². The number of nitrogens with one attached hydrogen (secondary N) is 1. The third kappa shape index (κ3) is 4.07. The minimum atomic E-state index is -1.20. The molecule has 4 heteroatoms. The maximum absolute atomic E-state index is 11.4. The van der Waals surface area contributed by atoms with E-state index < -0.39 is 5.60 Å². The van der Waals surface area contributed by atoms with E-state index in [-0.39, 0.29) is 12.5 Å². The van der Waals surface area contributed by atoms with Crippen LogP contribution in [0.15, 0.2) is 28.2 Å². The lowest BCUT2D eigenvalue weighted by Gasteiger charge is -2.20. The molecule has 0 fully saturated rings. The Morgan fingerprint density at radius 1 is 1.53 bits per heavy atom. The number of carbonyl (C=O) groups excluding carboxylic acids is 1. The second-order valence-electron chi connectivity index (χ2n) is 4.62. The Morgan fingerprint density at radius 3 is 2.65 bits per heavy atom. The molecule has 0 unspecified atom stereocenters. The fourth-order valence-electron chi connectivity index (χ4n) is 1.38. The first-order chi connectivity index (χ1) is 7.81. The molecular weight excluding hydrogens is 218 g/mol. The molecule has 0 aliphatic rings. The molecule has 1 atom stereocenters. The van der Waals surface area contributed by atoms with Gasteiger partial charge in [0, 0.05) is 6.08 Å². The number of allylic oxidation sites excluding steroid dienone is 1. The van der Waals surface area contributed by atoms with E-state index in [9.17, 15) is 9.90 Å². The van der Waals surface area contributed by atoms with Gasteiger partial charge in [-0.2, -0.15) is 0 Å². The van der Waals surface area contributed by atoms with Gasteiger partial charge in [-0.15, -0.1) is 0 Å². The Labute approximate surface area is 101 Å². The number of furan rings is 1. The molecule has 0 saturated carbocycles. The van der Waals surface area contributed by atoms with Gasteiger partial charge in [0.25, 0.3) is 0 Å². The quantitative estimate of drug-likeness (QED) is 0.786. The summed E-state index contributed by atoms with van der Waals surface area (Å²) in [6.07, 6.45) is 1.49. The van der Waals surface area contributed by atoms with Crippen LogP contribution in [0.4, 0.5) is 0 Å². The molecule has 94 valence electrons. The topological polar surface area (TPSA) is 62.5 Å². The van der Waals surface area contributed by atoms with Crippen LogP contribution in [0, 0.1) is 6.92 Å². The standard InChI is InChI=1S/C13H19NO3/c1-9(2)7-12(15)14-8-13(4,16)11-6-5-10(3)17-11/h5-7,16H,8H2,1-4H3,(H,14,15)/t13-/m1/s1. The molecule has 1 heterocycles. The summed E-state index contributed by atoms with van der Waals surface area (Å²) in [5.41, 5.74) is -0.282. The maximum atomic E-state index is 11.4. The number of hydrogen-bond acceptors (Lipinski definition) is 3. The minimum absolute atomic E-state index is 0.114. The molecule has 0 spiro atoms. The molecule has 1 aromatic rings. The summed E-state index contributed by atoms with van der Waals surface area (Å²) < 4.78 is 5.34. The molecular formula is C13H19NO3. The molecule has 1 amide bonds.